The van der Waals surface area contributed by atoms with Crippen LogP contribution in [0.1, 0.15) is 32.1 Å². The topological polar surface area (TPSA) is 104 Å². The van der Waals surface area contributed by atoms with Crippen LogP contribution in [0.25, 0.3) is 4.96 Å². The number of nitro groups is 1. The van der Waals surface area contributed by atoms with Crippen molar-refractivity contribution in [1.29, 1.82) is 0 Å². The normalized spacial score (nSPS) is 20.3. The standard InChI is InChI=1S/C16H24N6O4S2/c1-18(13-5-3-2-4-6-13)28(25,26)20-9-7-19(8-10-20)14-15(22(23)24)21-11-12-27-16(21)17-14/h11-13H,2-10H2,1H3. The zero-order valence-electron chi connectivity index (χ0n) is 15.7. The molecule has 1 aliphatic carbocycles. The van der Waals surface area contributed by atoms with Gasteiger partial charge in [0, 0.05) is 44.6 Å². The van der Waals surface area contributed by atoms with E-state index in [2.05, 4.69) is 4.98 Å². The Morgan fingerprint density at radius 3 is 2.54 bits per heavy atom. The van der Waals surface area contributed by atoms with Gasteiger partial charge in [0.05, 0.1) is 0 Å². The molecule has 4 rings (SSSR count). The smallest absolute Gasteiger partial charge is 0.358 e. The molecule has 0 radical (unpaired) electrons. The van der Waals surface area contributed by atoms with Crippen LogP contribution in [0.2, 0.25) is 0 Å². The van der Waals surface area contributed by atoms with Crippen molar-refractivity contribution in [1.82, 2.24) is 18.0 Å². The highest BCUT2D eigenvalue weighted by atomic mass is 32.2. The molecule has 2 fully saturated rings. The summed E-state index contributed by atoms with van der Waals surface area (Å²) >= 11 is 1.34. The van der Waals surface area contributed by atoms with E-state index in [0.29, 0.717) is 37.0 Å². The fraction of sp³-hybridized carbons (Fsp3) is 0.688. The lowest BCUT2D eigenvalue weighted by Crippen LogP contribution is -2.54. The second-order valence-electron chi connectivity index (χ2n) is 7.27. The molecule has 154 valence electrons. The SMILES string of the molecule is CN(C1CCCCC1)S(=O)(=O)N1CCN(c2nc3sccn3c2[N+](=O)[O-])CC1. The third kappa shape index (κ3) is 3.38. The van der Waals surface area contributed by atoms with Crippen LogP contribution in [0.3, 0.4) is 0 Å². The van der Waals surface area contributed by atoms with E-state index in [9.17, 15) is 18.5 Å². The van der Waals surface area contributed by atoms with Crippen molar-refractivity contribution < 1.29 is 13.3 Å². The third-order valence-electron chi connectivity index (χ3n) is 5.71. The minimum absolute atomic E-state index is 0.0631. The lowest BCUT2D eigenvalue weighted by atomic mass is 9.96. The van der Waals surface area contributed by atoms with Crippen molar-refractivity contribution in [3.05, 3.63) is 21.7 Å². The van der Waals surface area contributed by atoms with E-state index in [0.717, 1.165) is 25.7 Å². The van der Waals surface area contributed by atoms with Gasteiger partial charge in [-0.25, -0.2) is 0 Å². The predicted molar refractivity (Wildman–Crippen MR) is 107 cm³/mol. The van der Waals surface area contributed by atoms with Gasteiger partial charge in [0.15, 0.2) is 0 Å². The Kier molecular flexibility index (Phi) is 5.29. The molecule has 0 amide bonds. The van der Waals surface area contributed by atoms with E-state index < -0.39 is 15.1 Å². The Balaban J connectivity index is 1.48. The molecule has 28 heavy (non-hydrogen) atoms. The lowest BCUT2D eigenvalue weighted by Gasteiger charge is -2.38. The average molecular weight is 429 g/mol. The number of rotatable bonds is 5. The summed E-state index contributed by atoms with van der Waals surface area (Å²) in [6.45, 7) is 1.34. The Morgan fingerprint density at radius 1 is 1.21 bits per heavy atom. The first-order valence-electron chi connectivity index (χ1n) is 9.47. The van der Waals surface area contributed by atoms with Crippen LogP contribution in [0.5, 0.6) is 0 Å². The number of imidazole rings is 1. The molecule has 0 aromatic carbocycles. The lowest BCUT2D eigenvalue weighted by molar-refractivity contribution is -0.389. The Labute approximate surface area is 167 Å². The largest absolute Gasteiger partial charge is 0.373 e. The number of anilines is 1. The summed E-state index contributed by atoms with van der Waals surface area (Å²) in [4.78, 5) is 17.9. The number of nitrogens with zero attached hydrogens (tertiary/aromatic N) is 6. The zero-order valence-corrected chi connectivity index (χ0v) is 17.4. The molecule has 3 heterocycles. The van der Waals surface area contributed by atoms with Crippen LogP contribution in [0.4, 0.5) is 11.6 Å². The van der Waals surface area contributed by atoms with Crippen molar-refractivity contribution in [2.45, 2.75) is 38.1 Å². The van der Waals surface area contributed by atoms with Gasteiger partial charge in [0.2, 0.25) is 5.82 Å². The summed E-state index contributed by atoms with van der Waals surface area (Å²) in [5.74, 6) is 0.251. The van der Waals surface area contributed by atoms with Crippen LogP contribution in [-0.2, 0) is 10.2 Å². The number of fused-ring (bicyclic) bond motifs is 1. The molecule has 0 bridgehead atoms. The maximum atomic E-state index is 13.0. The average Bonchev–Trinajstić information content (AvgIpc) is 3.29. The minimum atomic E-state index is -3.52. The van der Waals surface area contributed by atoms with Crippen LogP contribution < -0.4 is 4.90 Å². The number of hydrogen-bond acceptors (Lipinski definition) is 7. The molecule has 1 saturated carbocycles. The van der Waals surface area contributed by atoms with Gasteiger partial charge in [-0.05, 0) is 17.8 Å². The summed E-state index contributed by atoms with van der Waals surface area (Å²) < 4.78 is 30.5. The minimum Gasteiger partial charge on any atom is -0.358 e. The van der Waals surface area contributed by atoms with Crippen molar-refractivity contribution in [2.75, 3.05) is 38.1 Å². The Bertz CT molecular complexity index is 957. The summed E-state index contributed by atoms with van der Waals surface area (Å²) in [6, 6.07) is 0.0674. The van der Waals surface area contributed by atoms with Gasteiger partial charge >= 0.3 is 5.82 Å². The second-order valence-corrected chi connectivity index (χ2v) is 10.1. The van der Waals surface area contributed by atoms with Gasteiger partial charge in [-0.3, -0.25) is 0 Å². The number of hydrogen-bond donors (Lipinski definition) is 0. The molecule has 2 aromatic heterocycles. The molecule has 2 aromatic rings. The Morgan fingerprint density at radius 2 is 1.89 bits per heavy atom. The van der Waals surface area contributed by atoms with Crippen molar-refractivity contribution in [3.8, 4) is 0 Å². The number of thiazole rings is 1. The summed E-state index contributed by atoms with van der Waals surface area (Å²) in [6.07, 6.45) is 6.76. The fourth-order valence-corrected chi connectivity index (χ4v) is 6.37. The highest BCUT2D eigenvalue weighted by Crippen LogP contribution is 2.32. The van der Waals surface area contributed by atoms with Gasteiger partial charge in [0.25, 0.3) is 15.2 Å². The first-order valence-corrected chi connectivity index (χ1v) is 11.8. The number of piperazine rings is 1. The quantitative estimate of drug-likeness (QED) is 0.532. The zero-order chi connectivity index (χ0) is 19.9. The van der Waals surface area contributed by atoms with Gasteiger partial charge in [-0.2, -0.15) is 26.4 Å². The molecule has 0 spiro atoms. The van der Waals surface area contributed by atoms with Crippen LogP contribution in [0, 0.1) is 10.1 Å². The highest BCUT2D eigenvalue weighted by molar-refractivity contribution is 7.86. The molecule has 2 aliphatic rings. The van der Waals surface area contributed by atoms with Gasteiger partial charge in [0.1, 0.15) is 6.20 Å². The molecule has 1 aliphatic heterocycles. The second kappa shape index (κ2) is 7.58. The summed E-state index contributed by atoms with van der Waals surface area (Å²) in [5.41, 5.74) is 0. The van der Waals surface area contributed by atoms with Gasteiger partial charge < -0.3 is 15.0 Å². The van der Waals surface area contributed by atoms with E-state index >= 15 is 0 Å². The molecule has 1 saturated heterocycles. The van der Waals surface area contributed by atoms with Gasteiger partial charge in [-0.15, -0.1) is 0 Å². The highest BCUT2D eigenvalue weighted by Gasteiger charge is 2.36. The number of aromatic nitrogens is 2. The van der Waals surface area contributed by atoms with Crippen LogP contribution in [-0.4, -0.2) is 70.6 Å². The van der Waals surface area contributed by atoms with E-state index in [4.69, 9.17) is 0 Å². The fourth-order valence-electron chi connectivity index (χ4n) is 4.09. The van der Waals surface area contributed by atoms with Crippen molar-refractivity contribution >= 4 is 38.1 Å². The maximum absolute atomic E-state index is 13.0. The van der Waals surface area contributed by atoms with Gasteiger partial charge in [-0.1, -0.05) is 30.6 Å². The maximum Gasteiger partial charge on any atom is 0.373 e. The molecular weight excluding hydrogens is 404 g/mol. The first-order chi connectivity index (χ1) is 13.4. The van der Waals surface area contributed by atoms with E-state index in [1.54, 1.807) is 18.6 Å². The molecular formula is C16H24N6O4S2. The van der Waals surface area contributed by atoms with Crippen molar-refractivity contribution in [2.24, 2.45) is 0 Å². The third-order valence-corrected chi connectivity index (χ3v) is 8.51. The molecule has 0 unspecified atom stereocenters. The first kappa shape index (κ1) is 19.6. The van der Waals surface area contributed by atoms with Crippen LogP contribution in [0.15, 0.2) is 11.6 Å². The monoisotopic (exact) mass is 428 g/mol. The molecule has 12 heteroatoms. The molecule has 10 nitrogen and oxygen atoms in total. The Hall–Kier alpha value is -1.76. The molecule has 0 atom stereocenters. The van der Waals surface area contributed by atoms with E-state index in [1.165, 1.54) is 30.8 Å². The summed E-state index contributed by atoms with van der Waals surface area (Å²) in [7, 11) is -1.85. The van der Waals surface area contributed by atoms with E-state index in [1.807, 2.05) is 4.90 Å². The van der Waals surface area contributed by atoms with E-state index in [-0.39, 0.29) is 11.9 Å². The molecule has 0 N–H and O–H groups in total. The summed E-state index contributed by atoms with van der Waals surface area (Å²) in [5, 5.41) is 13.3. The van der Waals surface area contributed by atoms with Crippen LogP contribution >= 0.6 is 11.3 Å². The van der Waals surface area contributed by atoms with Crippen molar-refractivity contribution in [3.63, 3.8) is 0 Å². The predicted octanol–water partition coefficient (Wildman–Crippen LogP) is 1.94.